The van der Waals surface area contributed by atoms with Gasteiger partial charge in [0.05, 0.1) is 6.42 Å². The van der Waals surface area contributed by atoms with Crippen molar-refractivity contribution in [3.63, 3.8) is 0 Å². The molecule has 3 nitrogen and oxygen atoms in total. The first-order valence-electron chi connectivity index (χ1n) is 5.84. The predicted octanol–water partition coefficient (Wildman–Crippen LogP) is 2.14. The largest absolute Gasteiger partial charge is 0.371 e. The van der Waals surface area contributed by atoms with Crippen LogP contribution in [0.1, 0.15) is 17.5 Å². The van der Waals surface area contributed by atoms with Crippen molar-refractivity contribution in [1.82, 2.24) is 0 Å². The summed E-state index contributed by atoms with van der Waals surface area (Å²) in [6, 6.07) is 8.21. The number of ether oxygens (including phenoxy) is 2. The maximum Gasteiger partial charge on any atom is 0.276 e. The van der Waals surface area contributed by atoms with E-state index in [1.165, 1.54) is 5.56 Å². The van der Waals surface area contributed by atoms with E-state index in [0.29, 0.717) is 6.42 Å². The molecule has 0 spiro atoms. The van der Waals surface area contributed by atoms with Crippen LogP contribution < -0.4 is 0 Å². The maximum atomic E-state index is 5.29. The van der Waals surface area contributed by atoms with Crippen molar-refractivity contribution in [2.24, 2.45) is 0 Å². The molecule has 0 aliphatic heterocycles. The zero-order chi connectivity index (χ0) is 13.4. The molecule has 0 atom stereocenters. The number of rotatable bonds is 8. The SMILES string of the molecule is COC(Cc1ccccc1CCCS)(OC)O[Si]. The molecule has 0 saturated carbocycles. The molecule has 1 aromatic rings. The normalized spacial score (nSPS) is 11.8. The van der Waals surface area contributed by atoms with E-state index >= 15 is 0 Å². The van der Waals surface area contributed by atoms with E-state index in [9.17, 15) is 0 Å². The monoisotopic (exact) mass is 283 g/mol. The van der Waals surface area contributed by atoms with Gasteiger partial charge >= 0.3 is 0 Å². The lowest BCUT2D eigenvalue weighted by Gasteiger charge is -2.29. The highest BCUT2D eigenvalue weighted by atomic mass is 32.1. The second-order valence-electron chi connectivity index (χ2n) is 3.97. The Morgan fingerprint density at radius 2 is 1.78 bits per heavy atom. The Hall–Kier alpha value is -0.333. The second-order valence-corrected chi connectivity index (χ2v) is 4.62. The first-order chi connectivity index (χ1) is 8.71. The molecule has 0 aromatic heterocycles. The molecule has 0 amide bonds. The first-order valence-corrected chi connectivity index (χ1v) is 6.88. The van der Waals surface area contributed by atoms with E-state index in [-0.39, 0.29) is 0 Å². The quantitative estimate of drug-likeness (QED) is 0.450. The second kappa shape index (κ2) is 7.96. The molecule has 0 bridgehead atoms. The Balaban J connectivity index is 2.88. The van der Waals surface area contributed by atoms with Crippen LogP contribution in [0, 0.1) is 0 Å². The van der Waals surface area contributed by atoms with Crippen LogP contribution in [0.4, 0.5) is 0 Å². The minimum absolute atomic E-state index is 0.520. The zero-order valence-electron chi connectivity index (χ0n) is 10.8. The number of methoxy groups -OCH3 is 2. The van der Waals surface area contributed by atoms with Crippen molar-refractivity contribution < 1.29 is 13.9 Å². The third-order valence-corrected chi connectivity index (χ3v) is 3.53. The van der Waals surface area contributed by atoms with Crippen molar-refractivity contribution in [1.29, 1.82) is 0 Å². The molecule has 5 heteroatoms. The van der Waals surface area contributed by atoms with Crippen LogP contribution in [0.3, 0.4) is 0 Å². The van der Waals surface area contributed by atoms with Gasteiger partial charge in [0.2, 0.25) is 0 Å². The van der Waals surface area contributed by atoms with Crippen molar-refractivity contribution in [3.05, 3.63) is 35.4 Å². The predicted molar refractivity (Wildman–Crippen MR) is 75.9 cm³/mol. The zero-order valence-corrected chi connectivity index (χ0v) is 12.7. The molecule has 18 heavy (non-hydrogen) atoms. The Labute approximate surface area is 118 Å². The lowest BCUT2D eigenvalue weighted by Crippen LogP contribution is -2.39. The summed E-state index contributed by atoms with van der Waals surface area (Å²) in [7, 11) is 6.13. The molecule has 0 fully saturated rings. The van der Waals surface area contributed by atoms with Gasteiger partial charge < -0.3 is 13.9 Å². The minimum atomic E-state index is -1.09. The molecule has 0 unspecified atom stereocenters. The van der Waals surface area contributed by atoms with Crippen LogP contribution in [0.2, 0.25) is 0 Å². The molecule has 0 aliphatic rings. The Morgan fingerprint density at radius 1 is 1.17 bits per heavy atom. The van der Waals surface area contributed by atoms with E-state index in [1.54, 1.807) is 14.2 Å². The summed E-state index contributed by atoms with van der Waals surface area (Å²) in [6.45, 7) is 0. The average molecular weight is 283 g/mol. The summed E-state index contributed by atoms with van der Waals surface area (Å²) in [6.07, 6.45) is 2.55. The first kappa shape index (κ1) is 15.7. The van der Waals surface area contributed by atoms with Crippen LogP contribution in [-0.4, -0.2) is 36.4 Å². The summed E-state index contributed by atoms with van der Waals surface area (Å²) in [5, 5.41) is 0. The van der Waals surface area contributed by atoms with Crippen LogP contribution in [0.5, 0.6) is 0 Å². The van der Waals surface area contributed by atoms with E-state index < -0.39 is 5.97 Å². The third kappa shape index (κ3) is 4.10. The molecule has 0 heterocycles. The highest BCUT2D eigenvalue weighted by molar-refractivity contribution is 7.80. The molecule has 99 valence electrons. The minimum Gasteiger partial charge on any atom is -0.371 e. The number of aryl methyl sites for hydroxylation is 1. The van der Waals surface area contributed by atoms with Gasteiger partial charge in [0.25, 0.3) is 16.5 Å². The van der Waals surface area contributed by atoms with E-state index in [1.807, 2.05) is 12.1 Å². The van der Waals surface area contributed by atoms with Crippen molar-refractivity contribution in [3.8, 4) is 0 Å². The number of benzene rings is 1. The van der Waals surface area contributed by atoms with E-state index in [4.69, 9.17) is 13.9 Å². The Kier molecular flexibility index (Phi) is 6.96. The van der Waals surface area contributed by atoms with E-state index in [0.717, 1.165) is 24.2 Å². The van der Waals surface area contributed by atoms with Gasteiger partial charge in [0.1, 0.15) is 0 Å². The fourth-order valence-electron chi connectivity index (χ4n) is 1.82. The highest BCUT2D eigenvalue weighted by Crippen LogP contribution is 2.22. The van der Waals surface area contributed by atoms with Crippen LogP contribution in [-0.2, 0) is 26.7 Å². The standard InChI is InChI=1S/C13H19O3SSi/c1-14-13(15-2,16-18)10-12-7-4-3-6-11(12)8-5-9-17/h3-4,6-7,17H,5,8-10H2,1-2H3. The molecule has 3 radical (unpaired) electrons. The Bertz CT molecular complexity index is 348. The molecule has 1 aromatic carbocycles. The molecule has 1 rings (SSSR count). The summed E-state index contributed by atoms with van der Waals surface area (Å²) in [5.74, 6) is -0.212. The van der Waals surface area contributed by atoms with Crippen molar-refractivity contribution in [2.75, 3.05) is 20.0 Å². The summed E-state index contributed by atoms with van der Waals surface area (Å²) < 4.78 is 15.7. The van der Waals surface area contributed by atoms with Crippen molar-refractivity contribution >= 4 is 23.1 Å². The van der Waals surface area contributed by atoms with Crippen LogP contribution in [0.15, 0.2) is 24.3 Å². The fourth-order valence-corrected chi connectivity index (χ4v) is 2.22. The van der Waals surface area contributed by atoms with Crippen molar-refractivity contribution in [2.45, 2.75) is 25.2 Å². The number of hydrogen-bond acceptors (Lipinski definition) is 4. The smallest absolute Gasteiger partial charge is 0.276 e. The van der Waals surface area contributed by atoms with Gasteiger partial charge in [-0.15, -0.1) is 0 Å². The molecule has 0 N–H and O–H groups in total. The van der Waals surface area contributed by atoms with Crippen LogP contribution >= 0.6 is 12.6 Å². The maximum absolute atomic E-state index is 5.29. The topological polar surface area (TPSA) is 27.7 Å². The van der Waals surface area contributed by atoms with Crippen LogP contribution in [0.25, 0.3) is 0 Å². The number of thiol groups is 1. The van der Waals surface area contributed by atoms with E-state index in [2.05, 4.69) is 35.2 Å². The summed E-state index contributed by atoms with van der Waals surface area (Å²) in [5.41, 5.74) is 2.43. The highest BCUT2D eigenvalue weighted by Gasteiger charge is 2.30. The van der Waals surface area contributed by atoms with Gasteiger partial charge in [-0.2, -0.15) is 12.6 Å². The lowest BCUT2D eigenvalue weighted by atomic mass is 10.00. The van der Waals surface area contributed by atoms with Gasteiger partial charge in [-0.05, 0) is 29.7 Å². The molecular formula is C13H19O3SSi. The third-order valence-electron chi connectivity index (χ3n) is 2.91. The fraction of sp³-hybridized carbons (Fsp3) is 0.538. The molecule has 0 saturated heterocycles. The summed E-state index contributed by atoms with van der Waals surface area (Å²) in [4.78, 5) is 0. The molecular weight excluding hydrogens is 264 g/mol. The van der Waals surface area contributed by atoms with Gasteiger partial charge in [-0.25, -0.2) is 0 Å². The molecule has 0 aliphatic carbocycles. The van der Waals surface area contributed by atoms with Gasteiger partial charge in [0, 0.05) is 14.2 Å². The Morgan fingerprint density at radius 3 is 2.28 bits per heavy atom. The van der Waals surface area contributed by atoms with Gasteiger partial charge in [0.15, 0.2) is 0 Å². The van der Waals surface area contributed by atoms with Gasteiger partial charge in [-0.1, -0.05) is 24.3 Å². The summed E-state index contributed by atoms with van der Waals surface area (Å²) >= 11 is 4.24. The van der Waals surface area contributed by atoms with Gasteiger partial charge in [-0.3, -0.25) is 0 Å². The average Bonchev–Trinajstić information content (AvgIpc) is 2.44. The lowest BCUT2D eigenvalue weighted by molar-refractivity contribution is -0.320. The number of hydrogen-bond donors (Lipinski definition) is 1.